The minimum absolute atomic E-state index is 0.219. The van der Waals surface area contributed by atoms with Crippen LogP contribution < -0.4 is 0 Å². The molecule has 4 rings (SSSR count). The number of fused-ring (bicyclic) bond motifs is 2. The summed E-state index contributed by atoms with van der Waals surface area (Å²) in [6, 6.07) is 7.79. The lowest BCUT2D eigenvalue weighted by Crippen LogP contribution is -2.02. The third-order valence-corrected chi connectivity index (χ3v) is 4.43. The Balaban J connectivity index is 2.01. The van der Waals surface area contributed by atoms with Crippen LogP contribution in [0.4, 0.5) is 4.39 Å². The number of H-pyrrole nitrogens is 1. The van der Waals surface area contributed by atoms with Gasteiger partial charge in [0.2, 0.25) is 0 Å². The van der Waals surface area contributed by atoms with Crippen LogP contribution >= 0.6 is 0 Å². The number of benzene rings is 1. The molecule has 0 aliphatic carbocycles. The minimum Gasteiger partial charge on any atom is -0.346 e. The molecule has 1 N–H and O–H groups in total. The first-order valence-electron chi connectivity index (χ1n) is 8.09. The number of imidazole rings is 1. The van der Waals surface area contributed by atoms with E-state index in [1.165, 1.54) is 0 Å². The third kappa shape index (κ3) is 2.12. The summed E-state index contributed by atoms with van der Waals surface area (Å²) in [5, 5.41) is 0.992. The van der Waals surface area contributed by atoms with Gasteiger partial charge in [0.1, 0.15) is 17.0 Å². The number of aromatic nitrogens is 4. The van der Waals surface area contributed by atoms with Crippen molar-refractivity contribution in [1.29, 1.82) is 0 Å². The molecule has 0 fully saturated rings. The fraction of sp³-hybridized carbons (Fsp3) is 0.263. The summed E-state index contributed by atoms with van der Waals surface area (Å²) >= 11 is 0. The van der Waals surface area contributed by atoms with Gasteiger partial charge in [-0.15, -0.1) is 0 Å². The van der Waals surface area contributed by atoms with Gasteiger partial charge in [0.25, 0.3) is 0 Å². The van der Waals surface area contributed by atoms with Crippen molar-refractivity contribution < 1.29 is 4.39 Å². The van der Waals surface area contributed by atoms with Crippen LogP contribution in [-0.2, 0) is 0 Å². The standard InChI is InChI=1S/C19H19FN4/c1-10(2)24-12(4)23-18-16(20)7-13(8-17(18)24)15-9-21-19-14(15)6-5-11(3)22-19/h5-10H,1-4H3,(H,21,22). The van der Waals surface area contributed by atoms with E-state index in [1.807, 2.05) is 38.2 Å². The van der Waals surface area contributed by atoms with E-state index in [9.17, 15) is 4.39 Å². The smallest absolute Gasteiger partial charge is 0.151 e. The second kappa shape index (κ2) is 5.16. The molecule has 24 heavy (non-hydrogen) atoms. The zero-order valence-corrected chi connectivity index (χ0v) is 14.2. The molecule has 0 atom stereocenters. The van der Waals surface area contributed by atoms with Crippen molar-refractivity contribution in [1.82, 2.24) is 19.5 Å². The summed E-state index contributed by atoms with van der Waals surface area (Å²) in [6.45, 7) is 8.03. The molecule has 4 nitrogen and oxygen atoms in total. The van der Waals surface area contributed by atoms with E-state index in [-0.39, 0.29) is 11.9 Å². The Morgan fingerprint density at radius 3 is 2.67 bits per heavy atom. The van der Waals surface area contributed by atoms with Crippen molar-refractivity contribution >= 4 is 22.1 Å². The van der Waals surface area contributed by atoms with Crippen LogP contribution in [0, 0.1) is 19.7 Å². The van der Waals surface area contributed by atoms with Gasteiger partial charge < -0.3 is 9.55 Å². The number of rotatable bonds is 2. The molecule has 1 aromatic carbocycles. The number of hydrogen-bond acceptors (Lipinski definition) is 2. The molecule has 3 aromatic heterocycles. The molecule has 0 bridgehead atoms. The molecule has 3 heterocycles. The van der Waals surface area contributed by atoms with Crippen LogP contribution in [0.25, 0.3) is 33.2 Å². The first kappa shape index (κ1) is 14.9. The van der Waals surface area contributed by atoms with Crippen molar-refractivity contribution in [2.45, 2.75) is 33.7 Å². The quantitative estimate of drug-likeness (QED) is 0.569. The van der Waals surface area contributed by atoms with Crippen LogP contribution in [0.15, 0.2) is 30.5 Å². The molecule has 5 heteroatoms. The average molecular weight is 322 g/mol. The highest BCUT2D eigenvalue weighted by Gasteiger charge is 2.17. The number of hydrogen-bond donors (Lipinski definition) is 1. The fourth-order valence-corrected chi connectivity index (χ4v) is 3.42. The topological polar surface area (TPSA) is 46.5 Å². The summed E-state index contributed by atoms with van der Waals surface area (Å²) < 4.78 is 16.7. The monoisotopic (exact) mass is 322 g/mol. The molecule has 0 aliphatic heterocycles. The van der Waals surface area contributed by atoms with E-state index < -0.39 is 0 Å². The highest BCUT2D eigenvalue weighted by atomic mass is 19.1. The Morgan fingerprint density at radius 2 is 1.92 bits per heavy atom. The Hall–Kier alpha value is -2.69. The summed E-state index contributed by atoms with van der Waals surface area (Å²) in [6.07, 6.45) is 1.89. The third-order valence-electron chi connectivity index (χ3n) is 4.43. The van der Waals surface area contributed by atoms with Crippen LogP contribution in [-0.4, -0.2) is 19.5 Å². The summed E-state index contributed by atoms with van der Waals surface area (Å²) in [5.74, 6) is 0.534. The summed E-state index contributed by atoms with van der Waals surface area (Å²) in [7, 11) is 0. The maximum atomic E-state index is 14.7. The van der Waals surface area contributed by atoms with Gasteiger partial charge in [-0.1, -0.05) is 0 Å². The van der Waals surface area contributed by atoms with E-state index in [2.05, 4.69) is 33.4 Å². The number of aryl methyl sites for hydroxylation is 2. The van der Waals surface area contributed by atoms with Crippen LogP contribution in [0.3, 0.4) is 0 Å². The second-order valence-corrected chi connectivity index (χ2v) is 6.50. The van der Waals surface area contributed by atoms with Crippen LogP contribution in [0.5, 0.6) is 0 Å². The fourth-order valence-electron chi connectivity index (χ4n) is 3.42. The highest BCUT2D eigenvalue weighted by molar-refractivity contribution is 5.96. The van der Waals surface area contributed by atoms with Crippen LogP contribution in [0.1, 0.15) is 31.4 Å². The number of nitrogens with one attached hydrogen (secondary N) is 1. The van der Waals surface area contributed by atoms with Gasteiger partial charge in [0.05, 0.1) is 5.52 Å². The molecule has 122 valence electrons. The van der Waals surface area contributed by atoms with E-state index in [0.29, 0.717) is 5.52 Å². The molecule has 0 saturated heterocycles. The molecule has 4 aromatic rings. The van der Waals surface area contributed by atoms with Crippen molar-refractivity contribution in [2.24, 2.45) is 0 Å². The number of aromatic amines is 1. The predicted octanol–water partition coefficient (Wildman–Crippen LogP) is 4.92. The van der Waals surface area contributed by atoms with Gasteiger partial charge in [-0.25, -0.2) is 14.4 Å². The second-order valence-electron chi connectivity index (χ2n) is 6.50. The Labute approximate surface area is 139 Å². The molecule has 0 unspecified atom stereocenters. The Kier molecular flexibility index (Phi) is 3.20. The van der Waals surface area contributed by atoms with Crippen molar-refractivity contribution in [2.75, 3.05) is 0 Å². The molecule has 0 spiro atoms. The van der Waals surface area contributed by atoms with Gasteiger partial charge in [0, 0.05) is 28.9 Å². The van der Waals surface area contributed by atoms with Gasteiger partial charge in [-0.05, 0) is 57.5 Å². The maximum absolute atomic E-state index is 14.7. The van der Waals surface area contributed by atoms with Crippen molar-refractivity contribution in [3.8, 4) is 11.1 Å². The van der Waals surface area contributed by atoms with Gasteiger partial charge >= 0.3 is 0 Å². The van der Waals surface area contributed by atoms with E-state index in [4.69, 9.17) is 0 Å². The highest BCUT2D eigenvalue weighted by Crippen LogP contribution is 2.33. The zero-order valence-electron chi connectivity index (χ0n) is 14.2. The first-order valence-corrected chi connectivity index (χ1v) is 8.09. The van der Waals surface area contributed by atoms with Crippen LogP contribution in [0.2, 0.25) is 0 Å². The average Bonchev–Trinajstić information content (AvgIpc) is 3.07. The van der Waals surface area contributed by atoms with Crippen molar-refractivity contribution in [3.63, 3.8) is 0 Å². The molecule has 0 saturated carbocycles. The molecule has 0 aliphatic rings. The zero-order chi connectivity index (χ0) is 17.0. The molecule has 0 amide bonds. The van der Waals surface area contributed by atoms with E-state index >= 15 is 0 Å². The van der Waals surface area contributed by atoms with E-state index in [1.54, 1.807) is 6.07 Å². The van der Waals surface area contributed by atoms with E-state index in [0.717, 1.165) is 39.2 Å². The SMILES string of the molecule is Cc1ccc2c(-c3cc(F)c4nc(C)n(C(C)C)c4c3)c[nH]c2n1. The Morgan fingerprint density at radius 1 is 1.12 bits per heavy atom. The first-order chi connectivity index (χ1) is 11.5. The Bertz CT molecular complexity index is 1070. The molecule has 0 radical (unpaired) electrons. The van der Waals surface area contributed by atoms with Gasteiger partial charge in [0.15, 0.2) is 5.82 Å². The normalized spacial score (nSPS) is 11.9. The van der Waals surface area contributed by atoms with Crippen molar-refractivity contribution in [3.05, 3.63) is 47.8 Å². The maximum Gasteiger partial charge on any atom is 0.151 e. The number of halogens is 1. The lowest BCUT2D eigenvalue weighted by Gasteiger charge is -2.11. The lowest BCUT2D eigenvalue weighted by atomic mass is 10.0. The molecular formula is C19H19FN4. The summed E-state index contributed by atoms with van der Waals surface area (Å²) in [4.78, 5) is 12.1. The number of pyridine rings is 1. The van der Waals surface area contributed by atoms with Gasteiger partial charge in [-0.3, -0.25) is 0 Å². The number of nitrogens with zero attached hydrogens (tertiary/aromatic N) is 3. The summed E-state index contributed by atoms with van der Waals surface area (Å²) in [5.41, 5.74) is 4.81. The lowest BCUT2D eigenvalue weighted by molar-refractivity contribution is 0.600. The predicted molar refractivity (Wildman–Crippen MR) is 94.6 cm³/mol. The van der Waals surface area contributed by atoms with Gasteiger partial charge in [-0.2, -0.15) is 0 Å². The minimum atomic E-state index is -0.292. The molecular weight excluding hydrogens is 303 g/mol. The largest absolute Gasteiger partial charge is 0.346 e.